The van der Waals surface area contributed by atoms with E-state index in [1.54, 1.807) is 41.8 Å². The number of anilines is 1. The number of rotatable bonds is 5. The zero-order valence-electron chi connectivity index (χ0n) is 16.9. The molecule has 0 bridgehead atoms. The number of esters is 1. The van der Waals surface area contributed by atoms with Gasteiger partial charge in [0.2, 0.25) is 0 Å². The van der Waals surface area contributed by atoms with Crippen molar-refractivity contribution >= 4 is 40.1 Å². The van der Waals surface area contributed by atoms with Gasteiger partial charge >= 0.3 is 5.97 Å². The van der Waals surface area contributed by atoms with Crippen molar-refractivity contribution < 1.29 is 18.7 Å². The van der Waals surface area contributed by atoms with Crippen molar-refractivity contribution in [1.29, 1.82) is 0 Å². The highest BCUT2D eigenvalue weighted by atomic mass is 32.1. The fraction of sp³-hybridized carbons (Fsp3) is 0.261. The van der Waals surface area contributed by atoms with E-state index in [1.807, 2.05) is 19.1 Å². The topological polar surface area (TPSA) is 80.9 Å². The average molecular weight is 423 g/mol. The van der Waals surface area contributed by atoms with Crippen LogP contribution in [-0.2, 0) is 17.6 Å². The van der Waals surface area contributed by atoms with Crippen molar-refractivity contribution in [2.45, 2.75) is 32.6 Å². The lowest BCUT2D eigenvalue weighted by atomic mass is 9.95. The maximum atomic E-state index is 13.2. The van der Waals surface area contributed by atoms with Crippen LogP contribution >= 0.6 is 11.3 Å². The number of hydrogen-bond acceptors (Lipinski definition) is 6. The Labute approximate surface area is 178 Å². The first-order chi connectivity index (χ1) is 14.5. The van der Waals surface area contributed by atoms with E-state index in [1.165, 1.54) is 12.0 Å². The summed E-state index contributed by atoms with van der Waals surface area (Å²) in [6.07, 6.45) is 5.71. The van der Waals surface area contributed by atoms with E-state index in [0.717, 1.165) is 37.0 Å². The number of amides is 1. The molecule has 0 spiro atoms. The van der Waals surface area contributed by atoms with Crippen LogP contribution in [0.1, 0.15) is 55.5 Å². The van der Waals surface area contributed by atoms with Crippen LogP contribution < -0.4 is 5.32 Å². The van der Waals surface area contributed by atoms with E-state index < -0.39 is 5.97 Å². The number of methoxy groups -OCH3 is 1. The van der Waals surface area contributed by atoms with Gasteiger partial charge in [0.1, 0.15) is 16.5 Å². The summed E-state index contributed by atoms with van der Waals surface area (Å²) < 4.78 is 10.3. The second-order valence-corrected chi connectivity index (χ2v) is 8.20. The van der Waals surface area contributed by atoms with Crippen molar-refractivity contribution in [3.05, 3.63) is 69.5 Å². The molecular weight excluding hydrogens is 400 g/mol. The van der Waals surface area contributed by atoms with Crippen molar-refractivity contribution in [3.63, 3.8) is 0 Å². The van der Waals surface area contributed by atoms with Crippen molar-refractivity contribution in [1.82, 2.24) is 0 Å². The molecule has 6 nitrogen and oxygen atoms in total. The molecular formula is C23H22N2O4S. The third kappa shape index (κ3) is 4.21. The highest BCUT2D eigenvalue weighted by molar-refractivity contribution is 7.16. The van der Waals surface area contributed by atoms with Crippen LogP contribution in [0.15, 0.2) is 45.8 Å². The second-order valence-electron chi connectivity index (χ2n) is 7.12. The molecule has 2 heterocycles. The third-order valence-corrected chi connectivity index (χ3v) is 6.21. The SMILES string of the molecule is COC(=O)c1ccc(NC(=O)c2c(N=Cc3ccc(C)o3)sc3c2CCCC3)cc1. The van der Waals surface area contributed by atoms with Crippen molar-refractivity contribution in [2.24, 2.45) is 4.99 Å². The molecule has 3 aromatic rings. The van der Waals surface area contributed by atoms with Gasteiger partial charge in [-0.05, 0) is 74.6 Å². The smallest absolute Gasteiger partial charge is 0.337 e. The molecule has 4 rings (SSSR count). The zero-order chi connectivity index (χ0) is 21.1. The number of furan rings is 1. The molecule has 1 aromatic carbocycles. The van der Waals surface area contributed by atoms with Crippen molar-refractivity contribution in [3.8, 4) is 0 Å². The number of nitrogens with zero attached hydrogens (tertiary/aromatic N) is 1. The molecule has 1 N–H and O–H groups in total. The third-order valence-electron chi connectivity index (χ3n) is 5.01. The number of carbonyl (C=O) groups excluding carboxylic acids is 2. The molecule has 1 aliphatic rings. The van der Waals surface area contributed by atoms with Gasteiger partial charge in [-0.15, -0.1) is 11.3 Å². The van der Waals surface area contributed by atoms with Gasteiger partial charge in [0.25, 0.3) is 5.91 Å². The molecule has 0 saturated carbocycles. The van der Waals surface area contributed by atoms with Gasteiger partial charge in [-0.2, -0.15) is 0 Å². The predicted octanol–water partition coefficient (Wildman–Crippen LogP) is 5.32. The molecule has 154 valence electrons. The molecule has 1 amide bonds. The van der Waals surface area contributed by atoms with Crippen LogP contribution in [0.4, 0.5) is 10.7 Å². The van der Waals surface area contributed by atoms with Gasteiger partial charge in [-0.25, -0.2) is 9.79 Å². The summed E-state index contributed by atoms with van der Waals surface area (Å²) >= 11 is 1.57. The van der Waals surface area contributed by atoms with Crippen LogP contribution in [0.5, 0.6) is 0 Å². The Bertz CT molecular complexity index is 1110. The van der Waals surface area contributed by atoms with E-state index in [0.29, 0.717) is 27.6 Å². The summed E-state index contributed by atoms with van der Waals surface area (Å²) in [5.41, 5.74) is 2.77. The second kappa shape index (κ2) is 8.67. The average Bonchev–Trinajstić information content (AvgIpc) is 3.35. The highest BCUT2D eigenvalue weighted by Crippen LogP contribution is 2.40. The lowest BCUT2D eigenvalue weighted by Gasteiger charge is -2.13. The van der Waals surface area contributed by atoms with E-state index in [2.05, 4.69) is 10.3 Å². The summed E-state index contributed by atoms with van der Waals surface area (Å²) in [7, 11) is 1.34. The lowest BCUT2D eigenvalue weighted by Crippen LogP contribution is -2.15. The molecule has 30 heavy (non-hydrogen) atoms. The van der Waals surface area contributed by atoms with Gasteiger partial charge in [-0.1, -0.05) is 0 Å². The van der Waals surface area contributed by atoms with Crippen LogP contribution in [0.2, 0.25) is 0 Å². The van der Waals surface area contributed by atoms with Gasteiger partial charge in [-0.3, -0.25) is 4.79 Å². The van der Waals surface area contributed by atoms with E-state index in [9.17, 15) is 9.59 Å². The Balaban J connectivity index is 1.61. The molecule has 7 heteroatoms. The van der Waals surface area contributed by atoms with Crippen LogP contribution in [0.25, 0.3) is 0 Å². The molecule has 0 saturated heterocycles. The first kappa shape index (κ1) is 20.1. The maximum Gasteiger partial charge on any atom is 0.337 e. The number of fused-ring (bicyclic) bond motifs is 1. The van der Waals surface area contributed by atoms with Crippen LogP contribution in [0, 0.1) is 6.92 Å². The summed E-state index contributed by atoms with van der Waals surface area (Å²) in [5, 5.41) is 3.63. The molecule has 2 aromatic heterocycles. The summed E-state index contributed by atoms with van der Waals surface area (Å²) in [4.78, 5) is 30.6. The molecule has 0 fully saturated rings. The Morgan fingerprint density at radius 3 is 2.60 bits per heavy atom. The van der Waals surface area contributed by atoms with E-state index in [4.69, 9.17) is 9.15 Å². The number of thiophene rings is 1. The minimum Gasteiger partial charge on any atom is -0.465 e. The first-order valence-corrected chi connectivity index (χ1v) is 10.6. The lowest BCUT2D eigenvalue weighted by molar-refractivity contribution is 0.0600. The number of aliphatic imine (C=N–C) groups is 1. The van der Waals surface area contributed by atoms with E-state index in [-0.39, 0.29) is 5.91 Å². The minimum atomic E-state index is -0.412. The molecule has 0 radical (unpaired) electrons. The number of benzene rings is 1. The number of carbonyl (C=O) groups is 2. The molecule has 0 unspecified atom stereocenters. The predicted molar refractivity (Wildman–Crippen MR) is 117 cm³/mol. The minimum absolute atomic E-state index is 0.192. The standard InChI is InChI=1S/C23H22N2O4S/c1-14-7-12-17(29-14)13-24-22-20(18-5-3-4-6-19(18)30-22)21(26)25-16-10-8-15(9-11-16)23(27)28-2/h7-13H,3-6H2,1-2H3,(H,25,26). The number of aryl methyl sites for hydroxylation is 2. The fourth-order valence-corrected chi connectivity index (χ4v) is 4.75. The Morgan fingerprint density at radius 1 is 1.13 bits per heavy atom. The summed E-state index contributed by atoms with van der Waals surface area (Å²) in [6.45, 7) is 1.88. The van der Waals surface area contributed by atoms with Crippen LogP contribution in [-0.4, -0.2) is 25.2 Å². The monoisotopic (exact) mass is 422 g/mol. The highest BCUT2D eigenvalue weighted by Gasteiger charge is 2.25. The summed E-state index contributed by atoms with van der Waals surface area (Å²) in [5.74, 6) is 0.867. The molecule has 0 aliphatic heterocycles. The van der Waals surface area contributed by atoms with Gasteiger partial charge in [0.05, 0.1) is 24.5 Å². The van der Waals surface area contributed by atoms with Gasteiger partial charge < -0.3 is 14.5 Å². The zero-order valence-corrected chi connectivity index (χ0v) is 17.7. The molecule has 1 aliphatic carbocycles. The van der Waals surface area contributed by atoms with Gasteiger partial charge in [0.15, 0.2) is 0 Å². The van der Waals surface area contributed by atoms with Crippen molar-refractivity contribution in [2.75, 3.05) is 12.4 Å². The summed E-state index contributed by atoms with van der Waals surface area (Å²) in [6, 6.07) is 10.4. The number of hydrogen-bond donors (Lipinski definition) is 1. The Morgan fingerprint density at radius 2 is 1.90 bits per heavy atom. The largest absolute Gasteiger partial charge is 0.465 e. The van der Waals surface area contributed by atoms with E-state index >= 15 is 0 Å². The first-order valence-electron chi connectivity index (χ1n) is 9.80. The molecule has 0 atom stereocenters. The fourth-order valence-electron chi connectivity index (χ4n) is 3.52. The normalized spacial score (nSPS) is 13.3. The number of nitrogens with one attached hydrogen (secondary N) is 1. The van der Waals surface area contributed by atoms with Gasteiger partial charge in [0, 0.05) is 10.6 Å². The Hall–Kier alpha value is -3.19. The number of ether oxygens (including phenoxy) is 1. The Kier molecular flexibility index (Phi) is 5.81. The maximum absolute atomic E-state index is 13.2. The quantitative estimate of drug-likeness (QED) is 0.446. The van der Waals surface area contributed by atoms with Crippen LogP contribution in [0.3, 0.4) is 0 Å².